The van der Waals surface area contributed by atoms with Crippen LogP contribution in [-0.4, -0.2) is 23.1 Å². The highest BCUT2D eigenvalue weighted by molar-refractivity contribution is 6.15. The first-order valence-corrected chi connectivity index (χ1v) is 6.53. The fourth-order valence-corrected chi connectivity index (χ4v) is 2.15. The minimum Gasteiger partial charge on any atom is -0.330 e. The molecule has 2 heterocycles. The van der Waals surface area contributed by atoms with Gasteiger partial charge in [0.25, 0.3) is 5.91 Å². The van der Waals surface area contributed by atoms with Crippen LogP contribution >= 0.6 is 0 Å². The normalized spacial score (nSPS) is 19.1. The molecule has 0 saturated heterocycles. The summed E-state index contributed by atoms with van der Waals surface area (Å²) in [5, 5.41) is 5.21. The standard InChI is InChI=1S/C13H15F3N4O/c1-2-10-9(5-6-17)12(21)20(19-10)11-4-3-8(7-18-11)13(14,15)16/h3-4,7,9H,2,5-6,17H2,1H3. The fourth-order valence-electron chi connectivity index (χ4n) is 2.15. The van der Waals surface area contributed by atoms with Crippen molar-refractivity contribution in [1.82, 2.24) is 4.98 Å². The first kappa shape index (κ1) is 15.4. The molecule has 2 N–H and O–H groups in total. The number of carbonyl (C=O) groups excluding carboxylic acids is 1. The van der Waals surface area contributed by atoms with Crippen LogP contribution in [0.5, 0.6) is 0 Å². The number of hydrogen-bond donors (Lipinski definition) is 1. The SMILES string of the molecule is CCC1=NN(c2ccc(C(F)(F)F)cn2)C(=O)C1CCN. The third-order valence-electron chi connectivity index (χ3n) is 3.25. The van der Waals surface area contributed by atoms with Gasteiger partial charge in [0.1, 0.15) is 0 Å². The number of hydrazone groups is 1. The Morgan fingerprint density at radius 3 is 2.57 bits per heavy atom. The minimum absolute atomic E-state index is 0.0819. The zero-order valence-electron chi connectivity index (χ0n) is 11.4. The molecule has 1 aliphatic rings. The Balaban J connectivity index is 2.26. The second kappa shape index (κ2) is 5.80. The molecule has 0 bridgehead atoms. The molecule has 2 rings (SSSR count). The van der Waals surface area contributed by atoms with Gasteiger partial charge < -0.3 is 5.73 Å². The van der Waals surface area contributed by atoms with Gasteiger partial charge in [-0.2, -0.15) is 23.3 Å². The Hall–Kier alpha value is -1.96. The molecule has 0 fully saturated rings. The summed E-state index contributed by atoms with van der Waals surface area (Å²) in [6, 6.07) is 2.02. The van der Waals surface area contributed by atoms with E-state index in [-0.39, 0.29) is 11.7 Å². The summed E-state index contributed by atoms with van der Waals surface area (Å²) in [7, 11) is 0. The number of halogens is 3. The summed E-state index contributed by atoms with van der Waals surface area (Å²) in [4.78, 5) is 15.9. The average Bonchev–Trinajstić information content (AvgIpc) is 2.76. The van der Waals surface area contributed by atoms with Gasteiger partial charge in [0, 0.05) is 6.20 Å². The van der Waals surface area contributed by atoms with Gasteiger partial charge in [-0.3, -0.25) is 4.79 Å². The van der Waals surface area contributed by atoms with E-state index in [4.69, 9.17) is 5.73 Å². The van der Waals surface area contributed by atoms with Gasteiger partial charge in [-0.15, -0.1) is 0 Å². The molecule has 0 radical (unpaired) electrons. The van der Waals surface area contributed by atoms with E-state index in [0.717, 1.165) is 17.1 Å². The number of carbonyl (C=O) groups is 1. The number of pyridine rings is 1. The Morgan fingerprint density at radius 2 is 2.10 bits per heavy atom. The molecule has 1 atom stereocenters. The smallest absolute Gasteiger partial charge is 0.330 e. The molecule has 1 unspecified atom stereocenters. The van der Waals surface area contributed by atoms with Crippen molar-refractivity contribution < 1.29 is 18.0 Å². The van der Waals surface area contributed by atoms with Crippen LogP contribution in [0.2, 0.25) is 0 Å². The molecule has 0 aliphatic carbocycles. The van der Waals surface area contributed by atoms with E-state index < -0.39 is 17.7 Å². The third-order valence-corrected chi connectivity index (χ3v) is 3.25. The summed E-state index contributed by atoms with van der Waals surface area (Å²) in [5.74, 6) is -0.632. The lowest BCUT2D eigenvalue weighted by atomic mass is 9.98. The van der Waals surface area contributed by atoms with E-state index >= 15 is 0 Å². The Bertz CT molecular complexity index is 554. The lowest BCUT2D eigenvalue weighted by Gasteiger charge is -2.14. The van der Waals surface area contributed by atoms with Crippen LogP contribution in [0.25, 0.3) is 0 Å². The van der Waals surface area contributed by atoms with Crippen molar-refractivity contribution in [2.45, 2.75) is 25.9 Å². The Labute approximate surface area is 119 Å². The molecule has 1 aromatic rings. The van der Waals surface area contributed by atoms with Gasteiger partial charge >= 0.3 is 6.18 Å². The number of rotatable bonds is 4. The van der Waals surface area contributed by atoms with Crippen LogP contribution in [0, 0.1) is 5.92 Å². The maximum absolute atomic E-state index is 12.5. The summed E-state index contributed by atoms with van der Waals surface area (Å²) in [6.07, 6.45) is -2.73. The summed E-state index contributed by atoms with van der Waals surface area (Å²) >= 11 is 0. The second-order valence-corrected chi connectivity index (χ2v) is 4.63. The van der Waals surface area contributed by atoms with Gasteiger partial charge in [0.15, 0.2) is 5.82 Å². The molecule has 5 nitrogen and oxygen atoms in total. The third kappa shape index (κ3) is 3.05. The number of amides is 1. The zero-order valence-corrected chi connectivity index (χ0v) is 11.4. The van der Waals surface area contributed by atoms with Gasteiger partial charge in [-0.1, -0.05) is 6.92 Å². The number of anilines is 1. The van der Waals surface area contributed by atoms with Crippen molar-refractivity contribution in [3.63, 3.8) is 0 Å². The molecule has 1 aliphatic heterocycles. The molecule has 8 heteroatoms. The van der Waals surface area contributed by atoms with Crippen molar-refractivity contribution in [3.8, 4) is 0 Å². The molecule has 0 aromatic carbocycles. The van der Waals surface area contributed by atoms with Gasteiger partial charge in [0.2, 0.25) is 0 Å². The van der Waals surface area contributed by atoms with Crippen molar-refractivity contribution in [2.24, 2.45) is 16.8 Å². The molecule has 114 valence electrons. The van der Waals surface area contributed by atoms with E-state index in [9.17, 15) is 18.0 Å². The van der Waals surface area contributed by atoms with Crippen LogP contribution in [0.1, 0.15) is 25.3 Å². The molecular weight excluding hydrogens is 285 g/mol. The number of aromatic nitrogens is 1. The highest BCUT2D eigenvalue weighted by Gasteiger charge is 2.36. The van der Waals surface area contributed by atoms with E-state index in [1.54, 1.807) is 0 Å². The van der Waals surface area contributed by atoms with Gasteiger partial charge in [-0.25, -0.2) is 4.98 Å². The number of hydrogen-bond acceptors (Lipinski definition) is 4. The first-order valence-electron chi connectivity index (χ1n) is 6.53. The molecule has 0 saturated carbocycles. The summed E-state index contributed by atoms with van der Waals surface area (Å²) < 4.78 is 37.5. The second-order valence-electron chi connectivity index (χ2n) is 4.63. The van der Waals surface area contributed by atoms with Crippen LogP contribution < -0.4 is 10.7 Å². The fraction of sp³-hybridized carbons (Fsp3) is 0.462. The maximum Gasteiger partial charge on any atom is 0.417 e. The first-order chi connectivity index (χ1) is 9.88. The Kier molecular flexibility index (Phi) is 4.26. The van der Waals surface area contributed by atoms with Crippen molar-refractivity contribution in [3.05, 3.63) is 23.9 Å². The molecule has 21 heavy (non-hydrogen) atoms. The monoisotopic (exact) mass is 300 g/mol. The van der Waals surface area contributed by atoms with Gasteiger partial charge in [0.05, 0.1) is 17.2 Å². The highest BCUT2D eigenvalue weighted by atomic mass is 19.4. The predicted molar refractivity (Wildman–Crippen MR) is 71.6 cm³/mol. The molecule has 1 amide bonds. The minimum atomic E-state index is -4.46. The van der Waals surface area contributed by atoms with Crippen molar-refractivity contribution in [1.29, 1.82) is 0 Å². The van der Waals surface area contributed by atoms with Crippen LogP contribution in [0.3, 0.4) is 0 Å². The summed E-state index contributed by atoms with van der Waals surface area (Å²) in [5.41, 5.74) is 5.28. The number of nitrogens with two attached hydrogens (primary N) is 1. The van der Waals surface area contributed by atoms with E-state index in [2.05, 4.69) is 10.1 Å². The van der Waals surface area contributed by atoms with Crippen LogP contribution in [0.4, 0.5) is 19.0 Å². The number of alkyl halides is 3. The summed E-state index contributed by atoms with van der Waals surface area (Å²) in [6.45, 7) is 2.20. The average molecular weight is 300 g/mol. The van der Waals surface area contributed by atoms with Crippen LogP contribution in [-0.2, 0) is 11.0 Å². The van der Waals surface area contributed by atoms with Crippen LogP contribution in [0.15, 0.2) is 23.4 Å². The molecule has 0 spiro atoms. The largest absolute Gasteiger partial charge is 0.417 e. The lowest BCUT2D eigenvalue weighted by Crippen LogP contribution is -2.29. The molecule has 1 aromatic heterocycles. The van der Waals surface area contributed by atoms with E-state index in [1.165, 1.54) is 0 Å². The van der Waals surface area contributed by atoms with Gasteiger partial charge in [-0.05, 0) is 31.5 Å². The predicted octanol–water partition coefficient (Wildman–Crippen LogP) is 2.18. The Morgan fingerprint density at radius 1 is 1.38 bits per heavy atom. The number of nitrogens with zero attached hydrogens (tertiary/aromatic N) is 3. The maximum atomic E-state index is 12.5. The zero-order chi connectivity index (χ0) is 15.6. The lowest BCUT2D eigenvalue weighted by molar-refractivity contribution is -0.137. The highest BCUT2D eigenvalue weighted by Crippen LogP contribution is 2.31. The van der Waals surface area contributed by atoms with Crippen molar-refractivity contribution in [2.75, 3.05) is 11.6 Å². The quantitative estimate of drug-likeness (QED) is 0.926. The van der Waals surface area contributed by atoms with Crippen molar-refractivity contribution >= 4 is 17.4 Å². The van der Waals surface area contributed by atoms with E-state index in [0.29, 0.717) is 31.3 Å². The topological polar surface area (TPSA) is 71.6 Å². The van der Waals surface area contributed by atoms with E-state index in [1.807, 2.05) is 6.92 Å². The molecular formula is C13H15F3N4O.